The van der Waals surface area contributed by atoms with Crippen LogP contribution in [-0.4, -0.2) is 63.6 Å². The van der Waals surface area contributed by atoms with Crippen molar-refractivity contribution in [1.29, 1.82) is 0 Å². The predicted molar refractivity (Wildman–Crippen MR) is 78.1 cm³/mol. The molecule has 1 aromatic rings. The largest absolute Gasteiger partial charge is 0.377 e. The molecule has 0 spiro atoms. The van der Waals surface area contributed by atoms with E-state index in [1.54, 1.807) is 0 Å². The summed E-state index contributed by atoms with van der Waals surface area (Å²) < 4.78 is 0. The normalized spacial score (nSPS) is 15.1. The van der Waals surface area contributed by atoms with Crippen molar-refractivity contribution in [3.63, 3.8) is 0 Å². The topological polar surface area (TPSA) is 201 Å². The SMILES string of the molecule is NC(O)CNc1ncc(NCC(N)O)c(NCC(N)O)n1. The van der Waals surface area contributed by atoms with Gasteiger partial charge in [-0.2, -0.15) is 4.98 Å². The van der Waals surface area contributed by atoms with Crippen LogP contribution in [0.4, 0.5) is 17.5 Å². The molecule has 11 nitrogen and oxygen atoms in total. The molecule has 0 amide bonds. The van der Waals surface area contributed by atoms with Crippen LogP contribution in [0.3, 0.4) is 0 Å². The highest BCUT2D eigenvalue weighted by molar-refractivity contribution is 5.64. The Morgan fingerprint density at radius 1 is 0.905 bits per heavy atom. The van der Waals surface area contributed by atoms with E-state index in [0.29, 0.717) is 11.5 Å². The summed E-state index contributed by atoms with van der Waals surface area (Å²) in [5.74, 6) is 0.580. The molecule has 0 aliphatic heterocycles. The van der Waals surface area contributed by atoms with Crippen molar-refractivity contribution in [2.45, 2.75) is 18.7 Å². The van der Waals surface area contributed by atoms with E-state index in [-0.39, 0.29) is 25.6 Å². The van der Waals surface area contributed by atoms with Gasteiger partial charge in [0.1, 0.15) is 18.7 Å². The molecular weight excluding hydrogens is 280 g/mol. The smallest absolute Gasteiger partial charge is 0.224 e. The van der Waals surface area contributed by atoms with E-state index in [0.717, 1.165) is 0 Å². The molecule has 0 aliphatic carbocycles. The monoisotopic (exact) mass is 302 g/mol. The van der Waals surface area contributed by atoms with Gasteiger partial charge in [0.05, 0.1) is 31.5 Å². The minimum atomic E-state index is -1.06. The fourth-order valence-electron chi connectivity index (χ4n) is 1.34. The van der Waals surface area contributed by atoms with Gasteiger partial charge < -0.3 is 48.5 Å². The van der Waals surface area contributed by atoms with Crippen LogP contribution >= 0.6 is 0 Å². The molecule has 1 aromatic heterocycles. The van der Waals surface area contributed by atoms with E-state index in [9.17, 15) is 0 Å². The van der Waals surface area contributed by atoms with Crippen molar-refractivity contribution in [2.75, 3.05) is 35.6 Å². The maximum Gasteiger partial charge on any atom is 0.224 e. The predicted octanol–water partition coefficient (Wildman–Crippen LogP) is -3.46. The summed E-state index contributed by atoms with van der Waals surface area (Å²) in [6.45, 7) is 0.237. The van der Waals surface area contributed by atoms with Crippen LogP contribution in [0.25, 0.3) is 0 Å². The van der Waals surface area contributed by atoms with Crippen molar-refractivity contribution in [3.8, 4) is 0 Å². The second-order valence-electron chi connectivity index (χ2n) is 4.30. The first-order valence-electron chi connectivity index (χ1n) is 6.28. The van der Waals surface area contributed by atoms with E-state index in [4.69, 9.17) is 32.5 Å². The van der Waals surface area contributed by atoms with E-state index in [1.807, 2.05) is 0 Å². The molecule has 11 heteroatoms. The van der Waals surface area contributed by atoms with Gasteiger partial charge in [-0.3, -0.25) is 0 Å². The van der Waals surface area contributed by atoms with Crippen LogP contribution in [0.5, 0.6) is 0 Å². The molecule has 0 saturated heterocycles. The van der Waals surface area contributed by atoms with Gasteiger partial charge in [0.25, 0.3) is 0 Å². The van der Waals surface area contributed by atoms with E-state index >= 15 is 0 Å². The summed E-state index contributed by atoms with van der Waals surface area (Å²) in [5.41, 5.74) is 16.2. The Bertz CT molecular complexity index is 429. The lowest BCUT2D eigenvalue weighted by Crippen LogP contribution is -2.31. The first-order chi connectivity index (χ1) is 9.88. The highest BCUT2D eigenvalue weighted by Crippen LogP contribution is 2.19. The van der Waals surface area contributed by atoms with Gasteiger partial charge in [-0.05, 0) is 0 Å². The second-order valence-corrected chi connectivity index (χ2v) is 4.30. The lowest BCUT2D eigenvalue weighted by Gasteiger charge is -2.16. The molecule has 12 N–H and O–H groups in total. The lowest BCUT2D eigenvalue weighted by molar-refractivity contribution is 0.194. The number of rotatable bonds is 9. The van der Waals surface area contributed by atoms with Crippen LogP contribution in [0.15, 0.2) is 6.20 Å². The van der Waals surface area contributed by atoms with Crippen LogP contribution in [0, 0.1) is 0 Å². The summed E-state index contributed by atoms with van der Waals surface area (Å²) >= 11 is 0. The zero-order valence-electron chi connectivity index (χ0n) is 11.4. The summed E-state index contributed by atoms with van der Waals surface area (Å²) in [5, 5.41) is 35.5. The number of anilines is 3. The molecule has 0 bridgehead atoms. The Morgan fingerprint density at radius 2 is 1.43 bits per heavy atom. The molecule has 1 rings (SSSR count). The molecule has 0 aliphatic rings. The van der Waals surface area contributed by atoms with E-state index in [1.165, 1.54) is 6.20 Å². The Hall–Kier alpha value is -1.76. The van der Waals surface area contributed by atoms with Gasteiger partial charge in [0.2, 0.25) is 5.95 Å². The molecule has 0 aromatic carbocycles. The minimum Gasteiger partial charge on any atom is -0.377 e. The molecule has 3 atom stereocenters. The third kappa shape index (κ3) is 6.99. The van der Waals surface area contributed by atoms with E-state index < -0.39 is 18.7 Å². The number of aliphatic hydroxyl groups is 3. The van der Waals surface area contributed by atoms with Crippen LogP contribution in [-0.2, 0) is 0 Å². The standard InChI is InChI=1S/C10H22N8O3/c11-6(19)2-14-5-1-16-10(17-4-8(13)21)18-9(5)15-3-7(12)20/h1,6-8,14,19-21H,2-4,11-13H2,(H2,15,16,17,18). The fourth-order valence-corrected chi connectivity index (χ4v) is 1.34. The maximum absolute atomic E-state index is 9.09. The van der Waals surface area contributed by atoms with Crippen molar-refractivity contribution in [2.24, 2.45) is 17.2 Å². The lowest BCUT2D eigenvalue weighted by atomic mass is 10.4. The van der Waals surface area contributed by atoms with Gasteiger partial charge in [-0.25, -0.2) is 4.98 Å². The van der Waals surface area contributed by atoms with E-state index in [2.05, 4.69) is 25.9 Å². The number of hydrogen-bond acceptors (Lipinski definition) is 11. The minimum absolute atomic E-state index is 0.0653. The fraction of sp³-hybridized carbons (Fsp3) is 0.600. The molecule has 21 heavy (non-hydrogen) atoms. The van der Waals surface area contributed by atoms with Crippen molar-refractivity contribution >= 4 is 17.5 Å². The number of nitrogens with one attached hydrogen (secondary N) is 3. The Balaban J connectivity index is 2.79. The maximum atomic E-state index is 9.09. The molecule has 0 radical (unpaired) electrons. The highest BCUT2D eigenvalue weighted by atomic mass is 16.3. The summed E-state index contributed by atoms with van der Waals surface area (Å²) in [7, 11) is 0. The third-order valence-electron chi connectivity index (χ3n) is 2.24. The van der Waals surface area contributed by atoms with Gasteiger partial charge in [-0.15, -0.1) is 0 Å². The van der Waals surface area contributed by atoms with Crippen molar-refractivity contribution in [1.82, 2.24) is 9.97 Å². The molecular formula is C10H22N8O3. The zero-order chi connectivity index (χ0) is 15.8. The van der Waals surface area contributed by atoms with Gasteiger partial charge in [-0.1, -0.05) is 0 Å². The Morgan fingerprint density at radius 3 is 2.00 bits per heavy atom. The summed E-state index contributed by atoms with van der Waals surface area (Å²) in [6, 6.07) is 0. The number of nitrogens with zero attached hydrogens (tertiary/aromatic N) is 2. The Labute approximate surface area is 121 Å². The first-order valence-corrected chi connectivity index (χ1v) is 6.28. The molecule has 120 valence electrons. The van der Waals surface area contributed by atoms with Crippen molar-refractivity contribution < 1.29 is 15.3 Å². The quantitative estimate of drug-likeness (QED) is 0.205. The summed E-state index contributed by atoms with van der Waals surface area (Å²) in [4.78, 5) is 8.15. The van der Waals surface area contributed by atoms with Gasteiger partial charge in [0.15, 0.2) is 5.82 Å². The number of aromatic nitrogens is 2. The number of hydrogen-bond donors (Lipinski definition) is 9. The third-order valence-corrected chi connectivity index (χ3v) is 2.24. The molecule has 0 saturated carbocycles. The molecule has 3 unspecified atom stereocenters. The average molecular weight is 302 g/mol. The molecule has 1 heterocycles. The Kier molecular flexibility index (Phi) is 7.01. The van der Waals surface area contributed by atoms with Gasteiger partial charge >= 0.3 is 0 Å². The molecule has 0 fully saturated rings. The van der Waals surface area contributed by atoms with Crippen molar-refractivity contribution in [3.05, 3.63) is 6.20 Å². The number of nitrogens with two attached hydrogens (primary N) is 3. The van der Waals surface area contributed by atoms with Crippen LogP contribution in [0.1, 0.15) is 0 Å². The van der Waals surface area contributed by atoms with Crippen LogP contribution < -0.4 is 33.2 Å². The average Bonchev–Trinajstić information content (AvgIpc) is 2.41. The van der Waals surface area contributed by atoms with Gasteiger partial charge in [0, 0.05) is 0 Å². The van der Waals surface area contributed by atoms with Crippen LogP contribution in [0.2, 0.25) is 0 Å². The first kappa shape index (κ1) is 17.3. The second kappa shape index (κ2) is 8.51. The summed E-state index contributed by atoms with van der Waals surface area (Å²) in [6.07, 6.45) is -1.69. The number of aliphatic hydroxyl groups excluding tert-OH is 3. The highest BCUT2D eigenvalue weighted by Gasteiger charge is 2.09. The zero-order valence-corrected chi connectivity index (χ0v) is 11.4.